The van der Waals surface area contributed by atoms with E-state index in [0.29, 0.717) is 11.1 Å². The summed E-state index contributed by atoms with van der Waals surface area (Å²) in [6.07, 6.45) is -1.06. The summed E-state index contributed by atoms with van der Waals surface area (Å²) in [6.45, 7) is 3.40. The number of hydrogen-bond acceptors (Lipinski definition) is 2. The minimum atomic E-state index is -0.704. The fraction of sp³-hybridized carbons (Fsp3) is 0.400. The van der Waals surface area contributed by atoms with E-state index in [1.165, 1.54) is 0 Å². The van der Waals surface area contributed by atoms with Gasteiger partial charge in [0.05, 0.1) is 0 Å². The van der Waals surface area contributed by atoms with Gasteiger partial charge >= 0.3 is 0 Å². The molecular weight excluding hydrogens is 171 g/mol. The van der Waals surface area contributed by atoms with Gasteiger partial charge in [0, 0.05) is 5.56 Å². The van der Waals surface area contributed by atoms with Crippen molar-refractivity contribution in [3.05, 3.63) is 29.1 Å². The van der Waals surface area contributed by atoms with Crippen LogP contribution in [0, 0.1) is 12.7 Å². The van der Waals surface area contributed by atoms with E-state index in [1.54, 1.807) is 26.0 Å². The second-order valence-corrected chi connectivity index (χ2v) is 3.38. The molecule has 0 radical (unpaired) electrons. The predicted molar refractivity (Wildman–Crippen MR) is 46.2 cm³/mol. The number of ether oxygens (including phenoxy) is 1. The molecule has 70 valence electrons. The molecule has 1 aliphatic rings. The Balaban J connectivity index is 2.57. The number of aliphatic hydroxyl groups is 1. The second kappa shape index (κ2) is 2.70. The van der Waals surface area contributed by atoms with Crippen LogP contribution in [0.15, 0.2) is 12.1 Å². The van der Waals surface area contributed by atoms with Crippen molar-refractivity contribution in [2.24, 2.45) is 0 Å². The third-order valence-corrected chi connectivity index (χ3v) is 2.39. The van der Waals surface area contributed by atoms with Crippen molar-refractivity contribution in [2.75, 3.05) is 0 Å². The van der Waals surface area contributed by atoms with Crippen molar-refractivity contribution in [1.29, 1.82) is 0 Å². The Morgan fingerprint density at radius 3 is 2.85 bits per heavy atom. The Morgan fingerprint density at radius 1 is 1.46 bits per heavy atom. The molecule has 2 atom stereocenters. The molecule has 0 bridgehead atoms. The van der Waals surface area contributed by atoms with Crippen LogP contribution in [0.3, 0.4) is 0 Å². The van der Waals surface area contributed by atoms with Gasteiger partial charge in [0.25, 0.3) is 0 Å². The maximum Gasteiger partial charge on any atom is 0.168 e. The van der Waals surface area contributed by atoms with Crippen LogP contribution >= 0.6 is 0 Å². The van der Waals surface area contributed by atoms with E-state index < -0.39 is 6.10 Å². The lowest BCUT2D eigenvalue weighted by Gasteiger charge is -2.06. The standard InChI is InChI=1S/C10H11FO2/c1-5-3-4-7-9(12)6(2)13-10(7)8(5)11/h3-4,6,9,12H,1-2H3. The summed E-state index contributed by atoms with van der Waals surface area (Å²) in [5, 5.41) is 9.57. The molecule has 0 fully saturated rings. The van der Waals surface area contributed by atoms with E-state index in [0.717, 1.165) is 0 Å². The largest absolute Gasteiger partial charge is 0.484 e. The quantitative estimate of drug-likeness (QED) is 0.664. The van der Waals surface area contributed by atoms with Crippen molar-refractivity contribution < 1.29 is 14.2 Å². The van der Waals surface area contributed by atoms with Crippen LogP contribution in [0.4, 0.5) is 4.39 Å². The zero-order chi connectivity index (χ0) is 9.59. The number of benzene rings is 1. The molecule has 1 heterocycles. The first-order chi connectivity index (χ1) is 6.11. The first-order valence-corrected chi connectivity index (χ1v) is 4.25. The van der Waals surface area contributed by atoms with Gasteiger partial charge < -0.3 is 9.84 Å². The Bertz CT molecular complexity index is 349. The van der Waals surface area contributed by atoms with Crippen LogP contribution in [-0.2, 0) is 0 Å². The van der Waals surface area contributed by atoms with Gasteiger partial charge in [-0.2, -0.15) is 0 Å². The third kappa shape index (κ3) is 1.11. The highest BCUT2D eigenvalue weighted by atomic mass is 19.1. The molecule has 13 heavy (non-hydrogen) atoms. The number of rotatable bonds is 0. The third-order valence-electron chi connectivity index (χ3n) is 2.39. The van der Waals surface area contributed by atoms with Crippen LogP contribution in [0.25, 0.3) is 0 Å². The number of aryl methyl sites for hydroxylation is 1. The minimum Gasteiger partial charge on any atom is -0.484 e. The lowest BCUT2D eigenvalue weighted by molar-refractivity contribution is 0.0783. The normalized spacial score (nSPS) is 25.5. The molecule has 1 aliphatic heterocycles. The van der Waals surface area contributed by atoms with Crippen molar-refractivity contribution >= 4 is 0 Å². The van der Waals surface area contributed by atoms with Gasteiger partial charge in [0.1, 0.15) is 12.2 Å². The van der Waals surface area contributed by atoms with Gasteiger partial charge in [0.2, 0.25) is 0 Å². The summed E-state index contributed by atoms with van der Waals surface area (Å²) >= 11 is 0. The smallest absolute Gasteiger partial charge is 0.168 e. The first-order valence-electron chi connectivity index (χ1n) is 4.25. The molecule has 0 amide bonds. The molecule has 3 heteroatoms. The van der Waals surface area contributed by atoms with Crippen molar-refractivity contribution in [1.82, 2.24) is 0 Å². The molecule has 2 nitrogen and oxygen atoms in total. The molecular formula is C10H11FO2. The Morgan fingerprint density at radius 2 is 2.15 bits per heavy atom. The summed E-state index contributed by atoms with van der Waals surface area (Å²) in [5.41, 5.74) is 1.09. The summed E-state index contributed by atoms with van der Waals surface area (Å²) in [4.78, 5) is 0. The highest BCUT2D eigenvalue weighted by molar-refractivity contribution is 5.43. The van der Waals surface area contributed by atoms with Crippen molar-refractivity contribution in [3.8, 4) is 5.75 Å². The van der Waals surface area contributed by atoms with Crippen molar-refractivity contribution in [2.45, 2.75) is 26.1 Å². The number of hydrogen-bond donors (Lipinski definition) is 1. The van der Waals surface area contributed by atoms with Crippen LogP contribution in [-0.4, -0.2) is 11.2 Å². The van der Waals surface area contributed by atoms with Gasteiger partial charge in [-0.3, -0.25) is 0 Å². The molecule has 2 unspecified atom stereocenters. The molecule has 2 rings (SSSR count). The van der Waals surface area contributed by atoms with Gasteiger partial charge in [-0.25, -0.2) is 4.39 Å². The van der Waals surface area contributed by atoms with E-state index in [2.05, 4.69) is 0 Å². The summed E-state index contributed by atoms with van der Waals surface area (Å²) in [5.74, 6) is -0.152. The fourth-order valence-electron chi connectivity index (χ4n) is 1.53. The molecule has 1 aromatic carbocycles. The van der Waals surface area contributed by atoms with E-state index >= 15 is 0 Å². The predicted octanol–water partition coefficient (Wildman–Crippen LogP) is 1.95. The van der Waals surface area contributed by atoms with E-state index in [9.17, 15) is 9.50 Å². The average molecular weight is 182 g/mol. The monoisotopic (exact) mass is 182 g/mol. The highest BCUT2D eigenvalue weighted by Gasteiger charge is 2.32. The molecule has 0 saturated heterocycles. The van der Waals surface area contributed by atoms with Crippen LogP contribution < -0.4 is 4.74 Å². The van der Waals surface area contributed by atoms with Gasteiger partial charge in [-0.1, -0.05) is 12.1 Å². The van der Waals surface area contributed by atoms with Gasteiger partial charge in [-0.05, 0) is 19.4 Å². The lowest BCUT2D eigenvalue weighted by Crippen LogP contribution is -2.12. The number of aliphatic hydroxyl groups excluding tert-OH is 1. The Labute approximate surface area is 76.0 Å². The molecule has 0 aromatic heterocycles. The lowest BCUT2D eigenvalue weighted by atomic mass is 10.1. The van der Waals surface area contributed by atoms with E-state index in [1.807, 2.05) is 0 Å². The first kappa shape index (κ1) is 8.51. The van der Waals surface area contributed by atoms with Crippen LogP contribution in [0.1, 0.15) is 24.2 Å². The zero-order valence-electron chi connectivity index (χ0n) is 7.54. The van der Waals surface area contributed by atoms with Gasteiger partial charge in [0.15, 0.2) is 11.6 Å². The topological polar surface area (TPSA) is 29.5 Å². The maximum absolute atomic E-state index is 13.4. The molecule has 0 aliphatic carbocycles. The Kier molecular flexibility index (Phi) is 1.77. The summed E-state index contributed by atoms with van der Waals surface area (Å²) in [7, 11) is 0. The fourth-order valence-corrected chi connectivity index (χ4v) is 1.53. The van der Waals surface area contributed by atoms with Crippen LogP contribution in [0.5, 0.6) is 5.75 Å². The molecule has 0 spiro atoms. The SMILES string of the molecule is Cc1ccc2c(c1F)OC(C)C2O. The highest BCUT2D eigenvalue weighted by Crippen LogP contribution is 2.39. The van der Waals surface area contributed by atoms with Crippen molar-refractivity contribution in [3.63, 3.8) is 0 Å². The molecule has 1 aromatic rings. The molecule has 0 saturated carbocycles. The average Bonchev–Trinajstić information content (AvgIpc) is 2.38. The second-order valence-electron chi connectivity index (χ2n) is 3.38. The minimum absolute atomic E-state index is 0.208. The number of halogens is 1. The molecule has 1 N–H and O–H groups in total. The summed E-state index contributed by atoms with van der Waals surface area (Å²) < 4.78 is 18.6. The van der Waals surface area contributed by atoms with E-state index in [4.69, 9.17) is 4.74 Å². The Hall–Kier alpha value is -1.09. The zero-order valence-corrected chi connectivity index (χ0v) is 7.54. The van der Waals surface area contributed by atoms with Crippen LogP contribution in [0.2, 0.25) is 0 Å². The number of fused-ring (bicyclic) bond motifs is 1. The maximum atomic E-state index is 13.4. The van der Waals surface area contributed by atoms with Gasteiger partial charge in [-0.15, -0.1) is 0 Å². The summed E-state index contributed by atoms with van der Waals surface area (Å²) in [6, 6.07) is 3.36. The van der Waals surface area contributed by atoms with E-state index in [-0.39, 0.29) is 17.7 Å².